The lowest BCUT2D eigenvalue weighted by Gasteiger charge is -2.20. The molecular formula is C14H18N2O3S2. The zero-order valence-corrected chi connectivity index (χ0v) is 13.5. The molecule has 0 saturated carbocycles. The fourth-order valence-corrected chi connectivity index (χ4v) is 3.78. The van der Waals surface area contributed by atoms with E-state index in [0.717, 1.165) is 14.6 Å². The van der Waals surface area contributed by atoms with Gasteiger partial charge in [-0.05, 0) is 12.1 Å². The second-order valence-electron chi connectivity index (χ2n) is 4.33. The summed E-state index contributed by atoms with van der Waals surface area (Å²) in [6.07, 6.45) is 0. The number of benzene rings is 1. The topological polar surface area (TPSA) is 62.7 Å². The van der Waals surface area contributed by atoms with Crippen LogP contribution in [0.5, 0.6) is 0 Å². The van der Waals surface area contributed by atoms with Crippen molar-refractivity contribution in [1.82, 2.24) is 9.88 Å². The summed E-state index contributed by atoms with van der Waals surface area (Å²) >= 11 is 3.02. The molecule has 0 unspecified atom stereocenters. The van der Waals surface area contributed by atoms with Crippen molar-refractivity contribution in [1.29, 1.82) is 0 Å². The predicted molar refractivity (Wildman–Crippen MR) is 85.9 cm³/mol. The Balaban J connectivity index is 1.92. The molecule has 0 spiro atoms. The molecule has 0 saturated heterocycles. The number of fused-ring (bicyclic) bond motifs is 1. The first kappa shape index (κ1) is 16.2. The van der Waals surface area contributed by atoms with E-state index in [1.165, 1.54) is 11.8 Å². The molecule has 0 fully saturated rings. The highest BCUT2D eigenvalue weighted by Crippen LogP contribution is 2.29. The Morgan fingerprint density at radius 3 is 2.95 bits per heavy atom. The molecule has 21 heavy (non-hydrogen) atoms. The van der Waals surface area contributed by atoms with Gasteiger partial charge in [-0.1, -0.05) is 23.9 Å². The van der Waals surface area contributed by atoms with Crippen molar-refractivity contribution >= 4 is 39.2 Å². The highest BCUT2D eigenvalue weighted by molar-refractivity contribution is 8.01. The molecule has 1 amide bonds. The summed E-state index contributed by atoms with van der Waals surface area (Å²) in [5, 5.41) is 9.01. The third-order valence-corrected chi connectivity index (χ3v) is 5.05. The first-order chi connectivity index (χ1) is 10.2. The number of para-hydroxylation sites is 1. The van der Waals surface area contributed by atoms with Crippen molar-refractivity contribution in [3.63, 3.8) is 0 Å². The van der Waals surface area contributed by atoms with Crippen LogP contribution in [0.2, 0.25) is 0 Å². The smallest absolute Gasteiger partial charge is 0.233 e. The van der Waals surface area contributed by atoms with Crippen LogP contribution in [0.15, 0.2) is 28.6 Å². The third kappa shape index (κ3) is 4.67. The van der Waals surface area contributed by atoms with Crippen LogP contribution in [0.25, 0.3) is 10.2 Å². The molecule has 7 heteroatoms. The number of hydrogen-bond donors (Lipinski definition) is 1. The van der Waals surface area contributed by atoms with Crippen LogP contribution in [0, 0.1) is 0 Å². The summed E-state index contributed by atoms with van der Waals surface area (Å²) in [4.78, 5) is 18.2. The highest BCUT2D eigenvalue weighted by Gasteiger charge is 2.14. The number of aromatic nitrogens is 1. The summed E-state index contributed by atoms with van der Waals surface area (Å²) in [6.45, 7) is 1.26. The number of rotatable bonds is 8. The molecule has 114 valence electrons. The number of carbonyl (C=O) groups is 1. The average molecular weight is 326 g/mol. The van der Waals surface area contributed by atoms with E-state index < -0.39 is 0 Å². The molecule has 0 radical (unpaired) electrons. The quantitative estimate of drug-likeness (QED) is 0.750. The molecule has 0 aliphatic carbocycles. The van der Waals surface area contributed by atoms with Crippen molar-refractivity contribution in [2.75, 3.05) is 39.2 Å². The van der Waals surface area contributed by atoms with Crippen molar-refractivity contribution in [3.8, 4) is 0 Å². The molecule has 2 aromatic rings. The minimum absolute atomic E-state index is 0.00893. The molecule has 1 aromatic carbocycles. The minimum Gasteiger partial charge on any atom is -0.395 e. The zero-order chi connectivity index (χ0) is 15.1. The van der Waals surface area contributed by atoms with Gasteiger partial charge in [0.25, 0.3) is 0 Å². The van der Waals surface area contributed by atoms with Gasteiger partial charge in [-0.15, -0.1) is 11.3 Å². The van der Waals surface area contributed by atoms with Gasteiger partial charge < -0.3 is 14.7 Å². The van der Waals surface area contributed by atoms with Crippen molar-refractivity contribution in [2.24, 2.45) is 0 Å². The van der Waals surface area contributed by atoms with Crippen molar-refractivity contribution < 1.29 is 14.6 Å². The Labute approximate surface area is 131 Å². The molecule has 1 aromatic heterocycles. The van der Waals surface area contributed by atoms with Crippen LogP contribution in [0.3, 0.4) is 0 Å². The van der Waals surface area contributed by atoms with E-state index in [9.17, 15) is 4.79 Å². The van der Waals surface area contributed by atoms with Crippen molar-refractivity contribution in [3.05, 3.63) is 24.3 Å². The van der Waals surface area contributed by atoms with E-state index >= 15 is 0 Å². The van der Waals surface area contributed by atoms with Gasteiger partial charge >= 0.3 is 0 Å². The summed E-state index contributed by atoms with van der Waals surface area (Å²) in [6, 6.07) is 7.92. The number of ether oxygens (including phenoxy) is 1. The molecule has 1 heterocycles. The Bertz CT molecular complexity index is 555. The molecule has 5 nitrogen and oxygen atoms in total. The van der Waals surface area contributed by atoms with Gasteiger partial charge in [-0.25, -0.2) is 4.98 Å². The monoisotopic (exact) mass is 326 g/mol. The molecular weight excluding hydrogens is 308 g/mol. The molecule has 0 aliphatic heterocycles. The van der Waals surface area contributed by atoms with E-state index in [2.05, 4.69) is 4.98 Å². The average Bonchev–Trinajstić information content (AvgIpc) is 2.92. The lowest BCUT2D eigenvalue weighted by molar-refractivity contribution is -0.129. The SMILES string of the molecule is COCCN(CCO)C(=O)CSc1nc2ccccc2s1. The molecule has 2 rings (SSSR count). The normalized spacial score (nSPS) is 11.0. The van der Waals surface area contributed by atoms with Gasteiger partial charge in [-0.3, -0.25) is 4.79 Å². The molecule has 1 N–H and O–H groups in total. The van der Waals surface area contributed by atoms with Crippen LogP contribution < -0.4 is 0 Å². The number of methoxy groups -OCH3 is 1. The number of nitrogens with zero attached hydrogens (tertiary/aromatic N) is 2. The van der Waals surface area contributed by atoms with Gasteiger partial charge in [0.15, 0.2) is 4.34 Å². The fourth-order valence-electron chi connectivity index (χ4n) is 1.81. The lowest BCUT2D eigenvalue weighted by Crippen LogP contribution is -2.37. The number of thiazole rings is 1. The summed E-state index contributed by atoms with van der Waals surface area (Å²) in [7, 11) is 1.59. The van der Waals surface area contributed by atoms with Crippen LogP contribution in [0.4, 0.5) is 0 Å². The maximum absolute atomic E-state index is 12.1. The first-order valence-electron chi connectivity index (χ1n) is 6.60. The summed E-state index contributed by atoms with van der Waals surface area (Å²) in [5.41, 5.74) is 0.962. The highest BCUT2D eigenvalue weighted by atomic mass is 32.2. The Morgan fingerprint density at radius 2 is 2.24 bits per heavy atom. The summed E-state index contributed by atoms with van der Waals surface area (Å²) in [5.74, 6) is 0.314. The fraction of sp³-hybridized carbons (Fsp3) is 0.429. The van der Waals surface area contributed by atoms with Gasteiger partial charge in [0, 0.05) is 20.2 Å². The number of aliphatic hydroxyl groups is 1. The Hall–Kier alpha value is -1.15. The van der Waals surface area contributed by atoms with Crippen LogP contribution in [-0.4, -0.2) is 60.1 Å². The van der Waals surface area contributed by atoms with Gasteiger partial charge in [0.1, 0.15) is 0 Å². The number of amides is 1. The van der Waals surface area contributed by atoms with Crippen LogP contribution in [0.1, 0.15) is 0 Å². The lowest BCUT2D eigenvalue weighted by atomic mass is 10.3. The second kappa shape index (κ2) is 8.33. The Kier molecular flexibility index (Phi) is 6.44. The second-order valence-corrected chi connectivity index (χ2v) is 6.59. The Morgan fingerprint density at radius 1 is 1.43 bits per heavy atom. The molecule has 0 atom stereocenters. The van der Waals surface area contributed by atoms with E-state index in [0.29, 0.717) is 25.4 Å². The zero-order valence-electron chi connectivity index (χ0n) is 11.8. The standard InChI is InChI=1S/C14H18N2O3S2/c1-19-9-7-16(6-8-17)13(18)10-20-14-15-11-4-2-3-5-12(11)21-14/h2-5,17H,6-10H2,1H3. The number of aliphatic hydroxyl groups excluding tert-OH is 1. The number of hydrogen-bond acceptors (Lipinski definition) is 6. The van der Waals surface area contributed by atoms with Gasteiger partial charge in [-0.2, -0.15) is 0 Å². The van der Waals surface area contributed by atoms with E-state index in [1.54, 1.807) is 23.3 Å². The number of carbonyl (C=O) groups excluding carboxylic acids is 1. The maximum Gasteiger partial charge on any atom is 0.233 e. The van der Waals surface area contributed by atoms with E-state index in [-0.39, 0.29) is 12.5 Å². The molecule has 0 bridgehead atoms. The van der Waals surface area contributed by atoms with Crippen molar-refractivity contribution in [2.45, 2.75) is 4.34 Å². The maximum atomic E-state index is 12.1. The van der Waals surface area contributed by atoms with Gasteiger partial charge in [0.2, 0.25) is 5.91 Å². The van der Waals surface area contributed by atoms with Gasteiger partial charge in [0.05, 0.1) is 29.2 Å². The summed E-state index contributed by atoms with van der Waals surface area (Å²) < 4.78 is 6.99. The predicted octanol–water partition coefficient (Wildman–Crippen LogP) is 1.86. The largest absolute Gasteiger partial charge is 0.395 e. The minimum atomic E-state index is -0.0404. The van der Waals surface area contributed by atoms with E-state index in [4.69, 9.17) is 9.84 Å². The van der Waals surface area contributed by atoms with Crippen LogP contribution >= 0.6 is 23.1 Å². The molecule has 0 aliphatic rings. The third-order valence-electron chi connectivity index (χ3n) is 2.88. The first-order valence-corrected chi connectivity index (χ1v) is 8.40. The number of thioether (sulfide) groups is 1. The van der Waals surface area contributed by atoms with Crippen LogP contribution in [-0.2, 0) is 9.53 Å². The van der Waals surface area contributed by atoms with E-state index in [1.807, 2.05) is 24.3 Å².